The van der Waals surface area contributed by atoms with Gasteiger partial charge in [-0.3, -0.25) is 0 Å². The maximum absolute atomic E-state index is 4.01. The second-order valence-corrected chi connectivity index (χ2v) is 10.1. The third-order valence-corrected chi connectivity index (χ3v) is 10.9. The summed E-state index contributed by atoms with van der Waals surface area (Å²) in [6.45, 7) is 17.4. The molecule has 0 saturated heterocycles. The first-order chi connectivity index (χ1) is 7.08. The number of hydrogen-bond acceptors (Lipinski definition) is 0. The zero-order valence-corrected chi connectivity index (χ0v) is 12.1. The predicted octanol–water partition coefficient (Wildman–Crippen LogP) is 5.41. The molecule has 2 unspecified atom stereocenters. The molecule has 0 aliphatic carbocycles. The van der Waals surface area contributed by atoms with Crippen molar-refractivity contribution in [2.75, 3.05) is 0 Å². The summed E-state index contributed by atoms with van der Waals surface area (Å²) < 4.78 is 0. The third kappa shape index (κ3) is 3.34. The largest absolute Gasteiger partial charge is 0.103 e. The molecule has 0 aliphatic rings. The van der Waals surface area contributed by atoms with E-state index in [4.69, 9.17) is 0 Å². The quantitative estimate of drug-likeness (QED) is 0.382. The fourth-order valence-corrected chi connectivity index (χ4v) is 8.55. The van der Waals surface area contributed by atoms with Crippen molar-refractivity contribution in [2.24, 2.45) is 0 Å². The van der Waals surface area contributed by atoms with E-state index >= 15 is 0 Å². The van der Waals surface area contributed by atoms with Crippen molar-refractivity contribution in [3.63, 3.8) is 0 Å². The van der Waals surface area contributed by atoms with Crippen LogP contribution in [0.1, 0.15) is 40.5 Å². The van der Waals surface area contributed by atoms with E-state index < -0.39 is 8.07 Å². The van der Waals surface area contributed by atoms with Crippen molar-refractivity contribution in [3.8, 4) is 0 Å². The maximum Gasteiger partial charge on any atom is 0.0667 e. The van der Waals surface area contributed by atoms with Crippen molar-refractivity contribution in [2.45, 2.75) is 63.7 Å². The lowest BCUT2D eigenvalue weighted by Crippen LogP contribution is -2.41. The lowest BCUT2D eigenvalue weighted by atomic mass is 10.4. The molecule has 0 aromatic carbocycles. The van der Waals surface area contributed by atoms with Gasteiger partial charge in [0.1, 0.15) is 0 Å². The van der Waals surface area contributed by atoms with Crippen LogP contribution in [-0.2, 0) is 0 Å². The van der Waals surface area contributed by atoms with Crippen LogP contribution in [0, 0.1) is 0 Å². The Hall–Kier alpha value is -0.303. The zero-order chi connectivity index (χ0) is 11.9. The summed E-state index contributed by atoms with van der Waals surface area (Å²) in [6, 6.07) is 2.84. The summed E-state index contributed by atoms with van der Waals surface area (Å²) in [5.74, 6) is 0. The van der Waals surface area contributed by atoms with Gasteiger partial charge < -0.3 is 0 Å². The summed E-state index contributed by atoms with van der Waals surface area (Å²) in [7, 11) is -1.24. The highest BCUT2D eigenvalue weighted by Gasteiger charge is 2.39. The second-order valence-electron chi connectivity index (χ2n) is 4.78. The second kappa shape index (κ2) is 7.05. The first-order valence-corrected chi connectivity index (χ1v) is 8.91. The first kappa shape index (κ1) is 14.7. The van der Waals surface area contributed by atoms with Crippen LogP contribution in [0.2, 0.25) is 23.2 Å². The van der Waals surface area contributed by atoms with Gasteiger partial charge in [0, 0.05) is 0 Å². The molecule has 0 bridgehead atoms. The summed E-state index contributed by atoms with van der Waals surface area (Å²) in [5, 5.41) is 0. The SMILES string of the molecule is C=CC(C)[Si](CCC)(CCC)C(C)C=C. The fraction of sp³-hybridized carbons (Fsp3) is 0.714. The van der Waals surface area contributed by atoms with E-state index in [-0.39, 0.29) is 0 Å². The van der Waals surface area contributed by atoms with Gasteiger partial charge in [0.2, 0.25) is 0 Å². The van der Waals surface area contributed by atoms with Crippen LogP contribution >= 0.6 is 0 Å². The number of allylic oxidation sites excluding steroid dienone is 2. The molecule has 0 spiro atoms. The van der Waals surface area contributed by atoms with Gasteiger partial charge in [0.05, 0.1) is 8.07 Å². The minimum atomic E-state index is -1.24. The molecule has 0 nitrogen and oxygen atoms in total. The Morgan fingerprint density at radius 1 is 0.933 bits per heavy atom. The van der Waals surface area contributed by atoms with Crippen LogP contribution in [0.3, 0.4) is 0 Å². The van der Waals surface area contributed by atoms with E-state index in [0.29, 0.717) is 11.1 Å². The highest BCUT2D eigenvalue weighted by molar-refractivity contribution is 6.83. The lowest BCUT2D eigenvalue weighted by molar-refractivity contribution is 0.873. The molecule has 0 saturated carbocycles. The van der Waals surface area contributed by atoms with E-state index in [1.807, 2.05) is 0 Å². The Morgan fingerprint density at radius 2 is 1.27 bits per heavy atom. The van der Waals surface area contributed by atoms with E-state index in [9.17, 15) is 0 Å². The Balaban J connectivity index is 5.03. The zero-order valence-electron chi connectivity index (χ0n) is 11.1. The Morgan fingerprint density at radius 3 is 1.47 bits per heavy atom. The number of rotatable bonds is 8. The molecular weight excluding hydrogens is 196 g/mol. The summed E-state index contributed by atoms with van der Waals surface area (Å²) >= 11 is 0. The highest BCUT2D eigenvalue weighted by atomic mass is 28.3. The first-order valence-electron chi connectivity index (χ1n) is 6.34. The van der Waals surface area contributed by atoms with Crippen molar-refractivity contribution in [1.82, 2.24) is 0 Å². The minimum Gasteiger partial charge on any atom is -0.103 e. The lowest BCUT2D eigenvalue weighted by Gasteiger charge is -2.40. The van der Waals surface area contributed by atoms with Crippen LogP contribution < -0.4 is 0 Å². The Labute approximate surface area is 97.5 Å². The van der Waals surface area contributed by atoms with Crippen LogP contribution in [0.25, 0.3) is 0 Å². The Bertz CT molecular complexity index is 174. The van der Waals surface area contributed by atoms with Gasteiger partial charge in [-0.15, -0.1) is 13.2 Å². The summed E-state index contributed by atoms with van der Waals surface area (Å²) in [5.41, 5.74) is 1.43. The highest BCUT2D eigenvalue weighted by Crippen LogP contribution is 2.42. The van der Waals surface area contributed by atoms with Gasteiger partial charge in [0.15, 0.2) is 0 Å². The van der Waals surface area contributed by atoms with Gasteiger partial charge in [-0.05, 0) is 11.1 Å². The molecule has 0 heterocycles. The van der Waals surface area contributed by atoms with Crippen molar-refractivity contribution >= 4 is 8.07 Å². The fourth-order valence-electron chi connectivity index (χ4n) is 2.85. The predicted molar refractivity (Wildman–Crippen MR) is 75.2 cm³/mol. The van der Waals surface area contributed by atoms with Crippen molar-refractivity contribution in [3.05, 3.63) is 25.3 Å². The van der Waals surface area contributed by atoms with Gasteiger partial charge in [0.25, 0.3) is 0 Å². The molecule has 0 amide bonds. The minimum absolute atomic E-state index is 0.713. The smallest absolute Gasteiger partial charge is 0.0667 e. The average molecular weight is 224 g/mol. The Kier molecular flexibility index (Phi) is 6.91. The normalized spacial score (nSPS) is 15.7. The van der Waals surface area contributed by atoms with Gasteiger partial charge in [-0.25, -0.2) is 0 Å². The molecule has 0 aliphatic heterocycles. The molecule has 0 aromatic heterocycles. The molecule has 1 heteroatoms. The maximum atomic E-state index is 4.01. The third-order valence-electron chi connectivity index (χ3n) is 3.95. The standard InChI is InChI=1S/C14H28Si/c1-7-11-15(12-8-2,13(5)9-3)14(6)10-4/h9-10,13-14H,3-4,7-8,11-12H2,1-2,5-6H3. The van der Waals surface area contributed by atoms with Crippen LogP contribution in [0.4, 0.5) is 0 Å². The van der Waals surface area contributed by atoms with Gasteiger partial charge >= 0.3 is 0 Å². The van der Waals surface area contributed by atoms with Crippen LogP contribution in [0.15, 0.2) is 25.3 Å². The number of hydrogen-bond donors (Lipinski definition) is 0. The summed E-state index contributed by atoms with van der Waals surface area (Å²) in [6.07, 6.45) is 6.97. The topological polar surface area (TPSA) is 0 Å². The van der Waals surface area contributed by atoms with Gasteiger partial charge in [-0.2, -0.15) is 0 Å². The molecule has 0 rings (SSSR count). The van der Waals surface area contributed by atoms with E-state index in [0.717, 1.165) is 0 Å². The molecule has 2 atom stereocenters. The molecule has 0 radical (unpaired) electrons. The van der Waals surface area contributed by atoms with Crippen molar-refractivity contribution < 1.29 is 0 Å². The monoisotopic (exact) mass is 224 g/mol. The molecule has 0 N–H and O–H groups in total. The molecule has 0 aromatic rings. The average Bonchev–Trinajstić information content (AvgIpc) is 2.26. The van der Waals surface area contributed by atoms with Gasteiger partial charge in [-0.1, -0.05) is 64.8 Å². The van der Waals surface area contributed by atoms with E-state index in [1.54, 1.807) is 0 Å². The van der Waals surface area contributed by atoms with Crippen LogP contribution in [0.5, 0.6) is 0 Å². The molecule has 0 fully saturated rings. The van der Waals surface area contributed by atoms with E-state index in [2.05, 4.69) is 53.0 Å². The molecule has 88 valence electrons. The van der Waals surface area contributed by atoms with Crippen molar-refractivity contribution in [1.29, 1.82) is 0 Å². The molecule has 15 heavy (non-hydrogen) atoms. The van der Waals surface area contributed by atoms with Crippen LogP contribution in [-0.4, -0.2) is 8.07 Å². The van der Waals surface area contributed by atoms with E-state index in [1.165, 1.54) is 24.9 Å². The summed E-state index contributed by atoms with van der Waals surface area (Å²) in [4.78, 5) is 0. The molecular formula is C14H28Si.